The van der Waals surface area contributed by atoms with Crippen molar-refractivity contribution >= 4 is 5.91 Å². The Morgan fingerprint density at radius 1 is 1.13 bits per heavy atom. The van der Waals surface area contributed by atoms with E-state index in [0.29, 0.717) is 6.54 Å². The largest absolute Gasteiger partial charge is 0.433 e. The van der Waals surface area contributed by atoms with Crippen LogP contribution in [0.2, 0.25) is 0 Å². The zero-order chi connectivity index (χ0) is 17.2. The van der Waals surface area contributed by atoms with Crippen LogP contribution in [0.25, 0.3) is 0 Å². The zero-order valence-corrected chi connectivity index (χ0v) is 13.1. The first kappa shape index (κ1) is 17.0. The number of carbonyl (C=O) groups excluding carboxylic acids is 1. The average Bonchev–Trinajstić information content (AvgIpc) is 2.48. The lowest BCUT2D eigenvalue weighted by atomic mass is 10.1. The van der Waals surface area contributed by atoms with Crippen molar-refractivity contribution in [3.8, 4) is 0 Å². The van der Waals surface area contributed by atoms with E-state index in [1.165, 1.54) is 17.9 Å². The van der Waals surface area contributed by atoms with Gasteiger partial charge in [-0.15, -0.1) is 0 Å². The quantitative estimate of drug-likeness (QED) is 0.856. The van der Waals surface area contributed by atoms with Gasteiger partial charge in [0.25, 0.3) is 5.91 Å². The highest BCUT2D eigenvalue weighted by Crippen LogP contribution is 2.28. The third-order valence-corrected chi connectivity index (χ3v) is 3.62. The van der Waals surface area contributed by atoms with E-state index in [0.717, 1.165) is 17.2 Å². The second-order valence-corrected chi connectivity index (χ2v) is 5.41. The molecule has 0 atom stereocenters. The maximum Gasteiger partial charge on any atom is 0.433 e. The van der Waals surface area contributed by atoms with Gasteiger partial charge in [0.15, 0.2) is 0 Å². The fourth-order valence-electron chi connectivity index (χ4n) is 2.27. The number of aromatic nitrogens is 1. The molecule has 23 heavy (non-hydrogen) atoms. The number of nitrogens with zero attached hydrogens (tertiary/aromatic N) is 2. The smallest absolute Gasteiger partial charge is 0.337 e. The third-order valence-electron chi connectivity index (χ3n) is 3.62. The highest BCUT2D eigenvalue weighted by atomic mass is 19.4. The molecule has 0 radical (unpaired) electrons. The van der Waals surface area contributed by atoms with E-state index in [4.69, 9.17) is 0 Å². The molecule has 6 heteroatoms. The van der Waals surface area contributed by atoms with Crippen LogP contribution in [0.4, 0.5) is 13.2 Å². The Bertz CT molecular complexity index is 726. The van der Waals surface area contributed by atoms with E-state index in [1.807, 2.05) is 31.2 Å². The number of carbonyl (C=O) groups is 1. The van der Waals surface area contributed by atoms with Gasteiger partial charge in [-0.3, -0.25) is 4.79 Å². The van der Waals surface area contributed by atoms with Crippen molar-refractivity contribution in [2.75, 3.05) is 7.05 Å². The molecule has 0 unspecified atom stereocenters. The maximum atomic E-state index is 12.6. The Labute approximate surface area is 132 Å². The van der Waals surface area contributed by atoms with Gasteiger partial charge in [0.05, 0.1) is 11.3 Å². The number of aryl methyl sites for hydroxylation is 2. The summed E-state index contributed by atoms with van der Waals surface area (Å²) in [5.41, 5.74) is 1.29. The fourth-order valence-corrected chi connectivity index (χ4v) is 2.27. The summed E-state index contributed by atoms with van der Waals surface area (Å²) >= 11 is 0. The number of benzene rings is 1. The summed E-state index contributed by atoms with van der Waals surface area (Å²) in [6.07, 6.45) is -4.51. The van der Waals surface area contributed by atoms with Gasteiger partial charge in [-0.1, -0.05) is 24.3 Å². The molecule has 122 valence electrons. The lowest BCUT2D eigenvalue weighted by Crippen LogP contribution is -2.27. The number of amides is 1. The van der Waals surface area contributed by atoms with Crippen molar-refractivity contribution in [3.63, 3.8) is 0 Å². The van der Waals surface area contributed by atoms with Gasteiger partial charge in [-0.2, -0.15) is 13.2 Å². The number of halogens is 3. The van der Waals surface area contributed by atoms with E-state index < -0.39 is 11.9 Å². The predicted octanol–water partition coefficient (Wildman–Crippen LogP) is 3.99. The summed E-state index contributed by atoms with van der Waals surface area (Å²) in [6.45, 7) is 3.73. The minimum Gasteiger partial charge on any atom is -0.337 e. The molecule has 2 aromatic rings. The second-order valence-electron chi connectivity index (χ2n) is 5.41. The number of hydrogen-bond donors (Lipinski definition) is 0. The first-order chi connectivity index (χ1) is 10.7. The van der Waals surface area contributed by atoms with Crippen molar-refractivity contribution in [1.29, 1.82) is 0 Å². The Kier molecular flexibility index (Phi) is 4.73. The highest BCUT2D eigenvalue weighted by molar-refractivity contribution is 5.95. The van der Waals surface area contributed by atoms with Crippen LogP contribution in [-0.2, 0) is 12.7 Å². The molecule has 1 aromatic carbocycles. The van der Waals surface area contributed by atoms with Crippen molar-refractivity contribution in [1.82, 2.24) is 9.88 Å². The molecule has 0 aliphatic heterocycles. The third kappa shape index (κ3) is 3.88. The summed E-state index contributed by atoms with van der Waals surface area (Å²) in [7, 11) is 1.62. The molecule has 0 N–H and O–H groups in total. The molecule has 0 fully saturated rings. The van der Waals surface area contributed by atoms with E-state index in [-0.39, 0.29) is 17.2 Å². The van der Waals surface area contributed by atoms with Crippen molar-refractivity contribution < 1.29 is 18.0 Å². The molecule has 1 amide bonds. The molecule has 1 heterocycles. The standard InChI is InChI=1S/C17H17F3N2O/c1-11-6-4-5-7-13(11)10-22(3)16(23)14-8-9-15(17(18,19)20)21-12(14)2/h4-9H,10H2,1-3H3. The average molecular weight is 322 g/mol. The van der Waals surface area contributed by atoms with Crippen LogP contribution >= 0.6 is 0 Å². The van der Waals surface area contributed by atoms with E-state index >= 15 is 0 Å². The molecule has 1 aromatic heterocycles. The molecule has 0 saturated heterocycles. The summed E-state index contributed by atoms with van der Waals surface area (Å²) in [5, 5.41) is 0. The topological polar surface area (TPSA) is 33.2 Å². The Balaban J connectivity index is 2.22. The minimum atomic E-state index is -4.51. The van der Waals surface area contributed by atoms with E-state index in [2.05, 4.69) is 4.98 Å². The predicted molar refractivity (Wildman–Crippen MR) is 81.0 cm³/mol. The van der Waals surface area contributed by atoms with Crippen LogP contribution < -0.4 is 0 Å². The van der Waals surface area contributed by atoms with Gasteiger partial charge in [0.2, 0.25) is 0 Å². The summed E-state index contributed by atoms with van der Waals surface area (Å²) < 4.78 is 37.9. The Hall–Kier alpha value is -2.37. The molecule has 0 spiro atoms. The first-order valence-corrected chi connectivity index (χ1v) is 7.05. The summed E-state index contributed by atoms with van der Waals surface area (Å²) in [4.78, 5) is 17.4. The van der Waals surface area contributed by atoms with Crippen LogP contribution in [0.5, 0.6) is 0 Å². The molecule has 0 aliphatic rings. The maximum absolute atomic E-state index is 12.6. The highest BCUT2D eigenvalue weighted by Gasteiger charge is 2.33. The second kappa shape index (κ2) is 6.40. The number of alkyl halides is 3. The minimum absolute atomic E-state index is 0.0708. The first-order valence-electron chi connectivity index (χ1n) is 7.05. The molecular weight excluding hydrogens is 305 g/mol. The van der Waals surface area contributed by atoms with Crippen molar-refractivity contribution in [3.05, 3.63) is 64.5 Å². The number of pyridine rings is 1. The van der Waals surface area contributed by atoms with Gasteiger partial charge < -0.3 is 4.90 Å². The summed E-state index contributed by atoms with van der Waals surface area (Å²) in [6, 6.07) is 9.66. The number of rotatable bonds is 3. The van der Waals surface area contributed by atoms with Gasteiger partial charge in [-0.05, 0) is 37.1 Å². The molecule has 0 saturated carbocycles. The molecule has 0 aliphatic carbocycles. The Morgan fingerprint density at radius 2 is 1.78 bits per heavy atom. The van der Waals surface area contributed by atoms with Crippen LogP contribution in [0.3, 0.4) is 0 Å². The van der Waals surface area contributed by atoms with Crippen molar-refractivity contribution in [2.45, 2.75) is 26.6 Å². The van der Waals surface area contributed by atoms with E-state index in [1.54, 1.807) is 7.05 Å². The van der Waals surface area contributed by atoms with Crippen molar-refractivity contribution in [2.24, 2.45) is 0 Å². The zero-order valence-electron chi connectivity index (χ0n) is 13.1. The fraction of sp³-hybridized carbons (Fsp3) is 0.294. The lowest BCUT2D eigenvalue weighted by Gasteiger charge is -2.19. The lowest BCUT2D eigenvalue weighted by molar-refractivity contribution is -0.141. The molecular formula is C17H17F3N2O. The molecule has 2 rings (SSSR count). The van der Waals surface area contributed by atoms with Gasteiger partial charge >= 0.3 is 6.18 Å². The summed E-state index contributed by atoms with van der Waals surface area (Å²) in [5.74, 6) is -0.355. The SMILES string of the molecule is Cc1ccccc1CN(C)C(=O)c1ccc(C(F)(F)F)nc1C. The van der Waals surface area contributed by atoms with Gasteiger partial charge in [0.1, 0.15) is 5.69 Å². The van der Waals surface area contributed by atoms with Crippen LogP contribution in [0.15, 0.2) is 36.4 Å². The molecule has 0 bridgehead atoms. The Morgan fingerprint density at radius 3 is 2.35 bits per heavy atom. The van der Waals surface area contributed by atoms with Gasteiger partial charge in [0, 0.05) is 13.6 Å². The van der Waals surface area contributed by atoms with Crippen LogP contribution in [0, 0.1) is 13.8 Å². The number of hydrogen-bond acceptors (Lipinski definition) is 2. The normalized spacial score (nSPS) is 11.4. The van der Waals surface area contributed by atoms with Gasteiger partial charge in [-0.25, -0.2) is 4.98 Å². The van der Waals surface area contributed by atoms with E-state index in [9.17, 15) is 18.0 Å². The molecule has 3 nitrogen and oxygen atoms in total. The van der Waals surface area contributed by atoms with Crippen LogP contribution in [0.1, 0.15) is 32.9 Å². The monoisotopic (exact) mass is 322 g/mol. The van der Waals surface area contributed by atoms with Crippen LogP contribution in [-0.4, -0.2) is 22.8 Å².